The molecule has 3 heterocycles. The first-order valence-corrected chi connectivity index (χ1v) is 24.3. The van der Waals surface area contributed by atoms with Crippen molar-refractivity contribution >= 4 is 58.3 Å². The van der Waals surface area contributed by atoms with E-state index >= 15 is 0 Å². The van der Waals surface area contributed by atoms with Crippen LogP contribution in [0.1, 0.15) is 80.8 Å². The maximum atomic E-state index is 14.0. The molecular weight excluding hydrogens is 925 g/mol. The second-order valence-corrected chi connectivity index (χ2v) is 20.0. The lowest BCUT2D eigenvalue weighted by Gasteiger charge is -2.35. The van der Waals surface area contributed by atoms with E-state index in [0.29, 0.717) is 36.6 Å². The Morgan fingerprint density at radius 1 is 0.957 bits per heavy atom. The number of Topliss-reactive ketones (excluding diaryl/α,β-unsaturated/α-hetero) is 2. The normalized spacial score (nSPS) is 19.3. The first kappa shape index (κ1) is 51.8. The van der Waals surface area contributed by atoms with Gasteiger partial charge in [-0.25, -0.2) is 13.8 Å². The number of amides is 4. The van der Waals surface area contributed by atoms with Gasteiger partial charge < -0.3 is 40.1 Å². The van der Waals surface area contributed by atoms with Gasteiger partial charge in [0, 0.05) is 75.7 Å². The van der Waals surface area contributed by atoms with Crippen molar-refractivity contribution in [1.82, 2.24) is 20.5 Å². The number of likely N-dealkylation sites (tertiary alicyclic amines) is 1. The zero-order chi connectivity index (χ0) is 50.3. The maximum absolute atomic E-state index is 14.0. The molecule has 2 fully saturated rings. The Morgan fingerprint density at radius 3 is 2.39 bits per heavy atom. The summed E-state index contributed by atoms with van der Waals surface area (Å²) in [6.07, 6.45) is 2.54. The van der Waals surface area contributed by atoms with Gasteiger partial charge in [-0.05, 0) is 83.3 Å². The fraction of sp³-hybridized carbons (Fsp3) is 0.442. The molecule has 2 aliphatic heterocycles. The number of aryl methyl sites for hydroxylation is 2. The maximum Gasteiger partial charge on any atom is 0.268 e. The van der Waals surface area contributed by atoms with Crippen molar-refractivity contribution in [3.05, 3.63) is 111 Å². The van der Waals surface area contributed by atoms with E-state index in [1.54, 1.807) is 35.6 Å². The van der Waals surface area contributed by atoms with Crippen LogP contribution in [0.4, 0.5) is 14.5 Å². The Bertz CT molecular complexity index is 2630. The molecule has 4 N–H and O–H groups in total. The van der Waals surface area contributed by atoms with Crippen LogP contribution in [0.5, 0.6) is 0 Å². The summed E-state index contributed by atoms with van der Waals surface area (Å²) < 4.78 is 38.4. The van der Waals surface area contributed by atoms with E-state index in [1.807, 2.05) is 57.5 Å². The van der Waals surface area contributed by atoms with Gasteiger partial charge in [0.25, 0.3) is 11.8 Å². The van der Waals surface area contributed by atoms with Crippen LogP contribution < -0.4 is 15.5 Å². The van der Waals surface area contributed by atoms with Gasteiger partial charge in [0.05, 0.1) is 41.4 Å². The number of carbonyl (C=O) groups is 6. The summed E-state index contributed by atoms with van der Waals surface area (Å²) in [5.41, 5.74) is 4.49. The average molecular weight is 984 g/mol. The van der Waals surface area contributed by atoms with E-state index < -0.39 is 64.5 Å². The van der Waals surface area contributed by atoms with Crippen molar-refractivity contribution < 1.29 is 57.2 Å². The highest BCUT2D eigenvalue weighted by atomic mass is 32.1. The molecule has 0 spiro atoms. The number of aliphatic hydroxyl groups is 2. The number of ether oxygens (including phenoxy) is 2. The number of allylic oxidation sites excluding steroid dienone is 1. The summed E-state index contributed by atoms with van der Waals surface area (Å²) in [7, 11) is 0. The van der Waals surface area contributed by atoms with Gasteiger partial charge in [-0.3, -0.25) is 28.8 Å². The minimum Gasteiger partial charge on any atom is -0.391 e. The van der Waals surface area contributed by atoms with Gasteiger partial charge in [-0.15, -0.1) is 11.3 Å². The zero-order valence-corrected chi connectivity index (χ0v) is 40.5. The van der Waals surface area contributed by atoms with E-state index in [0.717, 1.165) is 45.0 Å². The van der Waals surface area contributed by atoms with Gasteiger partial charge in [0.15, 0.2) is 11.6 Å². The lowest BCUT2D eigenvalue weighted by atomic mass is 9.85. The van der Waals surface area contributed by atoms with Crippen molar-refractivity contribution in [2.75, 3.05) is 44.4 Å². The van der Waals surface area contributed by atoms with Gasteiger partial charge in [0.1, 0.15) is 24.3 Å². The zero-order valence-electron chi connectivity index (χ0n) is 39.7. The Morgan fingerprint density at radius 2 is 1.69 bits per heavy atom. The van der Waals surface area contributed by atoms with Crippen molar-refractivity contribution in [1.29, 1.82) is 0 Å². The molecule has 0 bridgehead atoms. The van der Waals surface area contributed by atoms with Crippen molar-refractivity contribution in [2.45, 2.75) is 103 Å². The molecule has 3 aromatic carbocycles. The third-order valence-corrected chi connectivity index (χ3v) is 13.8. The van der Waals surface area contributed by atoms with E-state index in [9.17, 15) is 47.8 Å². The number of hydrogen-bond acceptors (Lipinski definition) is 12. The first-order valence-electron chi connectivity index (χ1n) is 23.4. The number of aromatic nitrogens is 1. The number of rotatable bonds is 21. The van der Waals surface area contributed by atoms with Crippen LogP contribution in [0.25, 0.3) is 16.5 Å². The molecule has 0 saturated carbocycles. The minimum absolute atomic E-state index is 0.0130. The molecule has 15 nitrogen and oxygen atoms in total. The molecule has 4 atom stereocenters. The molecule has 2 saturated heterocycles. The Labute approximate surface area is 409 Å². The summed E-state index contributed by atoms with van der Waals surface area (Å²) in [4.78, 5) is 88.0. The Kier molecular flexibility index (Phi) is 16.5. The fourth-order valence-electron chi connectivity index (χ4n) is 8.97. The molecule has 70 heavy (non-hydrogen) atoms. The number of halogens is 2. The summed E-state index contributed by atoms with van der Waals surface area (Å²) in [5.74, 6) is -4.64. The highest BCUT2D eigenvalue weighted by molar-refractivity contribution is 7.13. The molecule has 1 aliphatic carbocycles. The van der Waals surface area contributed by atoms with Crippen LogP contribution in [0, 0.1) is 24.0 Å². The second-order valence-electron chi connectivity index (χ2n) is 19.1. The number of aliphatic hydroxyl groups excluding tert-OH is 1. The number of ketones is 2. The van der Waals surface area contributed by atoms with E-state index in [-0.39, 0.29) is 88.9 Å². The number of nitrogens with zero attached hydrogens (tertiary/aromatic N) is 3. The van der Waals surface area contributed by atoms with Crippen LogP contribution in [0.15, 0.2) is 71.7 Å². The topological polar surface area (TPSA) is 205 Å². The SMILES string of the molecule is Cc1ncsc1-c1ccc(CCC(=O)[C@@H]2C[C@@H](O)CN2C(=O)[C@@H](NC(=O)COCCOCCCC(=O)C2=Cc3cc(N4CCC(O)(C(=O)NCc5cc(F)cc(F)c5)C4=O)ccc3C2)C(C)(C)C)cc1. The van der Waals surface area contributed by atoms with Crippen molar-refractivity contribution in [2.24, 2.45) is 5.41 Å². The monoisotopic (exact) mass is 983 g/mol. The lowest BCUT2D eigenvalue weighted by Crippen LogP contribution is -2.57. The molecule has 4 amide bonds. The highest BCUT2D eigenvalue weighted by Crippen LogP contribution is 2.35. The summed E-state index contributed by atoms with van der Waals surface area (Å²) in [6.45, 7) is 7.31. The van der Waals surface area contributed by atoms with Crippen molar-refractivity contribution in [3.63, 3.8) is 0 Å². The van der Waals surface area contributed by atoms with Crippen LogP contribution in [0.2, 0.25) is 0 Å². The summed E-state index contributed by atoms with van der Waals surface area (Å²) in [5, 5.41) is 26.8. The number of carbonyl (C=O) groups excluding carboxylic acids is 6. The third kappa shape index (κ3) is 12.5. The number of thiazole rings is 1. The van der Waals surface area contributed by atoms with E-state index in [1.165, 1.54) is 9.80 Å². The largest absolute Gasteiger partial charge is 0.391 e. The summed E-state index contributed by atoms with van der Waals surface area (Å²) in [6, 6.07) is 14.2. The molecule has 1 unspecified atom stereocenters. The van der Waals surface area contributed by atoms with Crippen LogP contribution >= 0.6 is 11.3 Å². The fourth-order valence-corrected chi connectivity index (χ4v) is 9.78. The first-order chi connectivity index (χ1) is 33.3. The molecule has 0 radical (unpaired) electrons. The Hall–Kier alpha value is -6.05. The third-order valence-electron chi connectivity index (χ3n) is 12.8. The van der Waals surface area contributed by atoms with Crippen LogP contribution in [-0.2, 0) is 57.6 Å². The predicted octanol–water partition coefficient (Wildman–Crippen LogP) is 5.20. The highest BCUT2D eigenvalue weighted by Gasteiger charge is 2.52. The molecule has 3 aliphatic rings. The van der Waals surface area contributed by atoms with E-state index in [4.69, 9.17) is 9.47 Å². The molecule has 4 aromatic rings. The number of fused-ring (bicyclic) bond motifs is 1. The number of nitrogens with one attached hydrogen (secondary N) is 2. The number of anilines is 1. The standard InChI is InChI=1S/C52H59F2N5O10S/c1-31-46(70-30-56-31)34-10-7-32(8-11-34)9-14-44(62)42-26-41(60)28-59(42)48(64)47(51(2,3)4)57-45(63)29-69-19-18-68-17-5-6-43(61)37-22-35-12-13-40(24-36(35)23-37)58-16-15-52(67,50(58)66)49(65)55-27-33-20-38(53)25-39(54)21-33/h7-8,10-13,20-21,23-25,30,41-42,47,60,67H,5-6,9,14-19,22,26-29H2,1-4H3,(H,55,65)(H,57,63)/t41-,42+,47-,52?/m1/s1. The quantitative estimate of drug-likeness (QED) is 0.0632. The number of β-amino-alcohol motifs (C(OH)–C–C–N with tert-alkyl or cyclic N) is 1. The smallest absolute Gasteiger partial charge is 0.268 e. The average Bonchev–Trinajstić information content (AvgIpc) is 4.12. The van der Waals surface area contributed by atoms with E-state index in [2.05, 4.69) is 15.6 Å². The Balaban J connectivity index is 0.800. The number of benzene rings is 3. The van der Waals surface area contributed by atoms with Crippen LogP contribution in [0.3, 0.4) is 0 Å². The van der Waals surface area contributed by atoms with Crippen LogP contribution in [-0.4, -0.2) is 119 Å². The predicted molar refractivity (Wildman–Crippen MR) is 257 cm³/mol. The molecule has 372 valence electrons. The molecule has 18 heteroatoms. The molecule has 7 rings (SSSR count). The number of hydrogen-bond donors (Lipinski definition) is 4. The van der Waals surface area contributed by atoms with Gasteiger partial charge in [-0.1, -0.05) is 51.1 Å². The van der Waals surface area contributed by atoms with Gasteiger partial charge in [-0.2, -0.15) is 0 Å². The second kappa shape index (κ2) is 22.4. The van der Waals surface area contributed by atoms with Gasteiger partial charge in [0.2, 0.25) is 17.4 Å². The van der Waals surface area contributed by atoms with Crippen molar-refractivity contribution in [3.8, 4) is 10.4 Å². The molecular formula is C52H59F2N5O10S. The summed E-state index contributed by atoms with van der Waals surface area (Å²) >= 11 is 1.57. The lowest BCUT2D eigenvalue weighted by molar-refractivity contribution is -0.149. The van der Waals surface area contributed by atoms with Gasteiger partial charge >= 0.3 is 0 Å². The minimum atomic E-state index is -2.37. The molecule has 1 aromatic heterocycles.